The van der Waals surface area contributed by atoms with Crippen LogP contribution in [-0.2, 0) is 4.79 Å². The Kier molecular flexibility index (Phi) is 6.85. The van der Waals surface area contributed by atoms with Gasteiger partial charge in [0, 0.05) is 21.4 Å². The van der Waals surface area contributed by atoms with E-state index >= 15 is 0 Å². The molecule has 0 saturated carbocycles. The predicted molar refractivity (Wildman–Crippen MR) is 133 cm³/mol. The van der Waals surface area contributed by atoms with Gasteiger partial charge >= 0.3 is 5.63 Å². The summed E-state index contributed by atoms with van der Waals surface area (Å²) in [5.41, 5.74) is 4.70. The molecular weight excluding hydrogens is 524 g/mol. The van der Waals surface area contributed by atoms with Crippen molar-refractivity contribution in [3.8, 4) is 5.75 Å². The number of aromatic nitrogens is 1. The molecule has 0 aliphatic carbocycles. The van der Waals surface area contributed by atoms with Gasteiger partial charge in [-0.25, -0.2) is 4.79 Å². The molecule has 172 valence electrons. The lowest BCUT2D eigenvalue weighted by Gasteiger charge is -2.17. The number of thiocarbonyl (C=S) groups is 1. The van der Waals surface area contributed by atoms with Crippen LogP contribution in [-0.4, -0.2) is 28.0 Å². The van der Waals surface area contributed by atoms with Crippen molar-refractivity contribution in [2.45, 2.75) is 13.0 Å². The molecule has 0 aliphatic rings. The second-order valence-corrected chi connectivity index (χ2v) is 8.44. The van der Waals surface area contributed by atoms with E-state index in [1.807, 2.05) is 18.2 Å². The quantitative estimate of drug-likeness (QED) is 0.205. The summed E-state index contributed by atoms with van der Waals surface area (Å²) in [5.74, 6) is -0.876. The number of para-hydroxylation sites is 1. The third-order valence-electron chi connectivity index (χ3n) is 4.73. The van der Waals surface area contributed by atoms with Crippen molar-refractivity contribution in [3.05, 3.63) is 81.3 Å². The van der Waals surface area contributed by atoms with E-state index in [1.54, 1.807) is 43.5 Å². The minimum Gasteiger partial charge on any atom is -0.479 e. The molecule has 3 N–H and O–H groups in total. The van der Waals surface area contributed by atoms with Crippen LogP contribution in [0.1, 0.15) is 17.3 Å². The van der Waals surface area contributed by atoms with Crippen molar-refractivity contribution in [3.63, 3.8) is 0 Å². The number of carbonyl (C=O) groups excluding carboxylic acids is 2. The Morgan fingerprint density at radius 3 is 2.71 bits per heavy atom. The van der Waals surface area contributed by atoms with E-state index in [-0.39, 0.29) is 10.7 Å². The smallest absolute Gasteiger partial charge is 0.349 e. The minimum absolute atomic E-state index is 0.217. The number of benzene rings is 2. The highest BCUT2D eigenvalue weighted by Gasteiger charge is 2.18. The predicted octanol–water partition coefficient (Wildman–Crippen LogP) is 3.21. The first-order valence-corrected chi connectivity index (χ1v) is 11.2. The molecule has 9 nitrogen and oxygen atoms in total. The van der Waals surface area contributed by atoms with Gasteiger partial charge in [-0.05, 0) is 55.5 Å². The fraction of sp³-hybridized carbons (Fsp3) is 0.0870. The lowest BCUT2D eigenvalue weighted by atomic mass is 10.2. The molecule has 0 radical (unpaired) electrons. The third-order valence-corrected chi connectivity index (χ3v) is 5.43. The van der Waals surface area contributed by atoms with Gasteiger partial charge in [0.15, 0.2) is 11.2 Å². The standard InChI is InChI=1S/C23H17BrN4O5S/c1-12(32-18-6-2-4-13-5-3-9-25-19(13)18)20(29)27-28-23(34)26-21(30)16-11-14-10-15(24)7-8-17(14)33-22(16)31/h2-12H,1H3,(H,27,29)(H2,26,28,30,34)/t12-/m0/s1. The van der Waals surface area contributed by atoms with E-state index in [4.69, 9.17) is 21.4 Å². The SMILES string of the molecule is C[C@H](Oc1cccc2cccnc12)C(=O)NNC(=S)NC(=O)c1cc2cc(Br)ccc2oc1=O. The molecule has 4 aromatic rings. The maximum atomic E-state index is 12.5. The van der Waals surface area contributed by atoms with Gasteiger partial charge in [-0.15, -0.1) is 0 Å². The van der Waals surface area contributed by atoms with Crippen LogP contribution in [0.25, 0.3) is 21.9 Å². The third kappa shape index (κ3) is 5.21. The summed E-state index contributed by atoms with van der Waals surface area (Å²) >= 11 is 8.37. The number of nitrogens with zero attached hydrogens (tertiary/aromatic N) is 1. The van der Waals surface area contributed by atoms with E-state index in [0.717, 1.165) is 9.86 Å². The van der Waals surface area contributed by atoms with Crippen LogP contribution < -0.4 is 26.5 Å². The number of pyridine rings is 1. The zero-order chi connectivity index (χ0) is 24.2. The van der Waals surface area contributed by atoms with Gasteiger partial charge in [-0.1, -0.05) is 34.1 Å². The molecule has 11 heteroatoms. The van der Waals surface area contributed by atoms with Crippen molar-refractivity contribution < 1.29 is 18.7 Å². The van der Waals surface area contributed by atoms with Gasteiger partial charge in [0.05, 0.1) is 0 Å². The topological polar surface area (TPSA) is 123 Å². The van der Waals surface area contributed by atoms with Crippen molar-refractivity contribution in [2.24, 2.45) is 0 Å². The van der Waals surface area contributed by atoms with E-state index in [9.17, 15) is 14.4 Å². The number of fused-ring (bicyclic) bond motifs is 2. The largest absolute Gasteiger partial charge is 0.479 e. The van der Waals surface area contributed by atoms with Crippen LogP contribution in [0.3, 0.4) is 0 Å². The summed E-state index contributed by atoms with van der Waals surface area (Å²) in [6.07, 6.45) is 0.738. The molecule has 0 spiro atoms. The monoisotopic (exact) mass is 540 g/mol. The first kappa shape index (κ1) is 23.3. The highest BCUT2D eigenvalue weighted by Crippen LogP contribution is 2.24. The van der Waals surface area contributed by atoms with Crippen molar-refractivity contribution in [1.29, 1.82) is 0 Å². The summed E-state index contributed by atoms with van der Waals surface area (Å²) in [6, 6.07) is 15.5. The summed E-state index contributed by atoms with van der Waals surface area (Å²) in [5, 5.41) is 3.54. The summed E-state index contributed by atoms with van der Waals surface area (Å²) in [4.78, 5) is 41.4. The number of nitrogens with one attached hydrogen (secondary N) is 3. The lowest BCUT2D eigenvalue weighted by Crippen LogP contribution is -2.52. The Morgan fingerprint density at radius 2 is 1.88 bits per heavy atom. The highest BCUT2D eigenvalue weighted by molar-refractivity contribution is 9.10. The van der Waals surface area contributed by atoms with Crippen LogP contribution in [0.15, 0.2) is 74.5 Å². The van der Waals surface area contributed by atoms with Crippen molar-refractivity contribution in [1.82, 2.24) is 21.2 Å². The zero-order valence-corrected chi connectivity index (χ0v) is 20.0. The van der Waals surface area contributed by atoms with Gasteiger partial charge < -0.3 is 9.15 Å². The molecule has 0 saturated heterocycles. The maximum absolute atomic E-state index is 12.5. The summed E-state index contributed by atoms with van der Waals surface area (Å²) in [7, 11) is 0. The Morgan fingerprint density at radius 1 is 1.09 bits per heavy atom. The highest BCUT2D eigenvalue weighted by atomic mass is 79.9. The van der Waals surface area contributed by atoms with E-state index < -0.39 is 23.5 Å². The first-order chi connectivity index (χ1) is 16.3. The molecule has 34 heavy (non-hydrogen) atoms. The molecule has 2 aromatic carbocycles. The van der Waals surface area contributed by atoms with Gasteiger partial charge in [-0.3, -0.25) is 30.7 Å². The number of amides is 2. The Labute approximate surface area is 206 Å². The van der Waals surface area contributed by atoms with E-state index in [2.05, 4.69) is 37.1 Å². The molecule has 2 amide bonds. The fourth-order valence-corrected chi connectivity index (χ4v) is 3.61. The molecule has 0 bridgehead atoms. The van der Waals surface area contributed by atoms with E-state index in [1.165, 1.54) is 6.07 Å². The average molecular weight is 541 g/mol. The number of carbonyl (C=O) groups is 2. The van der Waals surface area contributed by atoms with Crippen LogP contribution in [0, 0.1) is 0 Å². The Hall–Kier alpha value is -3.83. The van der Waals surface area contributed by atoms with Crippen LogP contribution in [0.2, 0.25) is 0 Å². The second-order valence-electron chi connectivity index (χ2n) is 7.12. The number of ether oxygens (including phenoxy) is 1. The van der Waals surface area contributed by atoms with Crippen molar-refractivity contribution >= 4 is 66.9 Å². The van der Waals surface area contributed by atoms with Gasteiger partial charge in [0.25, 0.3) is 11.8 Å². The average Bonchev–Trinajstić information content (AvgIpc) is 2.82. The molecule has 0 unspecified atom stereocenters. The summed E-state index contributed by atoms with van der Waals surface area (Å²) in [6.45, 7) is 1.55. The zero-order valence-electron chi connectivity index (χ0n) is 17.6. The molecule has 0 fully saturated rings. The molecule has 4 rings (SSSR count). The summed E-state index contributed by atoms with van der Waals surface area (Å²) < 4.78 is 11.7. The van der Waals surface area contributed by atoms with Gasteiger partial charge in [0.2, 0.25) is 0 Å². The molecule has 0 aliphatic heterocycles. The molecular formula is C23H17BrN4O5S. The number of hydrazine groups is 1. The molecule has 2 heterocycles. The molecule has 2 aromatic heterocycles. The lowest BCUT2D eigenvalue weighted by molar-refractivity contribution is -0.127. The number of rotatable bonds is 4. The number of hydrogen-bond acceptors (Lipinski definition) is 7. The minimum atomic E-state index is -0.899. The van der Waals surface area contributed by atoms with Crippen LogP contribution in [0.5, 0.6) is 5.75 Å². The van der Waals surface area contributed by atoms with Gasteiger partial charge in [-0.2, -0.15) is 0 Å². The number of halogens is 1. The first-order valence-electron chi connectivity index (χ1n) is 9.97. The van der Waals surface area contributed by atoms with Crippen molar-refractivity contribution in [2.75, 3.05) is 0 Å². The van der Waals surface area contributed by atoms with Crippen LogP contribution in [0.4, 0.5) is 0 Å². The Balaban J connectivity index is 1.35. The number of hydrogen-bond donors (Lipinski definition) is 3. The van der Waals surface area contributed by atoms with Crippen LogP contribution >= 0.6 is 28.1 Å². The normalized spacial score (nSPS) is 11.6. The second kappa shape index (κ2) is 9.98. The Bertz CT molecular complexity index is 1480. The van der Waals surface area contributed by atoms with E-state index in [0.29, 0.717) is 22.2 Å². The fourth-order valence-electron chi connectivity index (χ4n) is 3.09. The molecule has 1 atom stereocenters. The van der Waals surface area contributed by atoms with Gasteiger partial charge in [0.1, 0.15) is 22.4 Å². The maximum Gasteiger partial charge on any atom is 0.349 e.